The average Bonchev–Trinajstić information content (AvgIpc) is 2.87. The van der Waals surface area contributed by atoms with Gasteiger partial charge in [0, 0.05) is 19.1 Å². The molecule has 1 aliphatic rings. The lowest BCUT2D eigenvalue weighted by atomic mass is 10.2. The molecule has 1 aromatic rings. The number of amides is 2. The van der Waals surface area contributed by atoms with Crippen molar-refractivity contribution < 1.29 is 26.4 Å². The fraction of sp³-hybridized carbons (Fsp3) is 0.533. The van der Waals surface area contributed by atoms with Crippen molar-refractivity contribution in [3.8, 4) is 0 Å². The number of anilines is 1. The predicted octanol–water partition coefficient (Wildman–Crippen LogP) is 1.69. The quantitative estimate of drug-likeness (QED) is 0.791. The Hall–Kier alpha value is -1.81. The lowest BCUT2D eigenvalue weighted by molar-refractivity contribution is 0.186. The number of benzene rings is 1. The summed E-state index contributed by atoms with van der Waals surface area (Å²) in [5.74, 6) is -4.74. The van der Waals surface area contributed by atoms with Crippen LogP contribution in [0.1, 0.15) is 6.42 Å². The van der Waals surface area contributed by atoms with Gasteiger partial charge in [0.15, 0.2) is 27.3 Å². The van der Waals surface area contributed by atoms with E-state index in [4.69, 9.17) is 0 Å². The van der Waals surface area contributed by atoms with E-state index < -0.39 is 45.0 Å². The standard InChI is InChI=1S/C15H20F3N3O3S/c1-20(2)6-7-21(10-5-8-25(23,24)9-10)15(22)19-12-4-3-11(16)13(17)14(12)18/h3-4,10H,5-9H2,1-2H3,(H,19,22). The van der Waals surface area contributed by atoms with Crippen LogP contribution in [0.25, 0.3) is 0 Å². The SMILES string of the molecule is CN(C)CCN(C(=O)Nc1ccc(F)c(F)c1F)C1CCS(=O)(=O)C1. The van der Waals surface area contributed by atoms with Gasteiger partial charge >= 0.3 is 6.03 Å². The van der Waals surface area contributed by atoms with Gasteiger partial charge in [-0.3, -0.25) is 0 Å². The third-order valence-corrected chi connectivity index (χ3v) is 5.73. The zero-order chi connectivity index (χ0) is 18.8. The number of rotatable bonds is 5. The highest BCUT2D eigenvalue weighted by molar-refractivity contribution is 7.91. The number of sulfone groups is 1. The average molecular weight is 379 g/mol. The van der Waals surface area contributed by atoms with Crippen LogP contribution in [0, 0.1) is 17.5 Å². The second kappa shape index (κ2) is 7.61. The maximum atomic E-state index is 13.7. The van der Waals surface area contributed by atoms with Crippen LogP contribution in [0.2, 0.25) is 0 Å². The molecule has 1 atom stereocenters. The Morgan fingerprint density at radius 3 is 2.44 bits per heavy atom. The number of urea groups is 1. The van der Waals surface area contributed by atoms with Crippen LogP contribution in [-0.4, -0.2) is 69.0 Å². The summed E-state index contributed by atoms with van der Waals surface area (Å²) < 4.78 is 63.4. The molecule has 1 aromatic carbocycles. The fourth-order valence-corrected chi connectivity index (χ4v) is 4.32. The van der Waals surface area contributed by atoms with Gasteiger partial charge in [0.05, 0.1) is 17.2 Å². The summed E-state index contributed by atoms with van der Waals surface area (Å²) in [4.78, 5) is 15.6. The molecule has 0 spiro atoms. The minimum atomic E-state index is -3.22. The van der Waals surface area contributed by atoms with Crippen molar-refractivity contribution in [2.75, 3.05) is 44.0 Å². The van der Waals surface area contributed by atoms with E-state index >= 15 is 0 Å². The fourth-order valence-electron chi connectivity index (χ4n) is 2.59. The Morgan fingerprint density at radius 2 is 1.88 bits per heavy atom. The zero-order valence-electron chi connectivity index (χ0n) is 13.9. The van der Waals surface area contributed by atoms with Crippen molar-refractivity contribution in [2.24, 2.45) is 0 Å². The smallest absolute Gasteiger partial charge is 0.319 e. The van der Waals surface area contributed by atoms with Crippen LogP contribution in [0.15, 0.2) is 12.1 Å². The Kier molecular flexibility index (Phi) is 5.94. The van der Waals surface area contributed by atoms with E-state index in [9.17, 15) is 26.4 Å². The number of carbonyl (C=O) groups is 1. The zero-order valence-corrected chi connectivity index (χ0v) is 14.7. The molecule has 1 fully saturated rings. The Labute approximate surface area is 144 Å². The van der Waals surface area contributed by atoms with Crippen molar-refractivity contribution >= 4 is 21.6 Å². The molecule has 1 saturated heterocycles. The highest BCUT2D eigenvalue weighted by Crippen LogP contribution is 2.22. The van der Waals surface area contributed by atoms with Gasteiger partial charge in [-0.2, -0.15) is 0 Å². The third kappa shape index (κ3) is 4.85. The van der Waals surface area contributed by atoms with E-state index in [1.165, 1.54) is 4.90 Å². The van der Waals surface area contributed by atoms with Gasteiger partial charge in [0.2, 0.25) is 0 Å². The number of hydrogen-bond donors (Lipinski definition) is 1. The minimum Gasteiger partial charge on any atom is -0.319 e. The molecule has 140 valence electrons. The van der Waals surface area contributed by atoms with Crippen LogP contribution in [0.5, 0.6) is 0 Å². The normalized spacial score (nSPS) is 19.2. The summed E-state index contributed by atoms with van der Waals surface area (Å²) >= 11 is 0. The Morgan fingerprint density at radius 1 is 1.20 bits per heavy atom. The van der Waals surface area contributed by atoms with Crippen molar-refractivity contribution in [1.82, 2.24) is 9.80 Å². The van der Waals surface area contributed by atoms with E-state index in [1.54, 1.807) is 14.1 Å². The lowest BCUT2D eigenvalue weighted by Crippen LogP contribution is -2.46. The number of hydrogen-bond acceptors (Lipinski definition) is 4. The molecule has 0 saturated carbocycles. The van der Waals surface area contributed by atoms with Gasteiger partial charge in [-0.25, -0.2) is 26.4 Å². The lowest BCUT2D eigenvalue weighted by Gasteiger charge is -2.29. The first kappa shape index (κ1) is 19.5. The van der Waals surface area contributed by atoms with Crippen LogP contribution < -0.4 is 5.32 Å². The van der Waals surface area contributed by atoms with Gasteiger partial charge in [0.25, 0.3) is 0 Å². The number of nitrogens with one attached hydrogen (secondary N) is 1. The summed E-state index contributed by atoms with van der Waals surface area (Å²) in [7, 11) is 0.352. The van der Waals surface area contributed by atoms with Gasteiger partial charge < -0.3 is 15.1 Å². The Balaban J connectivity index is 2.19. The van der Waals surface area contributed by atoms with Gasteiger partial charge in [0.1, 0.15) is 0 Å². The van der Waals surface area contributed by atoms with Crippen LogP contribution >= 0.6 is 0 Å². The highest BCUT2D eigenvalue weighted by atomic mass is 32.2. The molecule has 6 nitrogen and oxygen atoms in total. The molecule has 1 N–H and O–H groups in total. The first-order valence-corrected chi connectivity index (χ1v) is 9.49. The third-order valence-electron chi connectivity index (χ3n) is 3.97. The maximum Gasteiger partial charge on any atom is 0.322 e. The molecule has 1 unspecified atom stereocenters. The second-order valence-corrected chi connectivity index (χ2v) is 8.44. The maximum absolute atomic E-state index is 13.7. The molecule has 0 aromatic heterocycles. The van der Waals surface area contributed by atoms with Crippen LogP contribution in [-0.2, 0) is 9.84 Å². The number of halogens is 3. The molecule has 0 bridgehead atoms. The van der Waals surface area contributed by atoms with Gasteiger partial charge in [-0.15, -0.1) is 0 Å². The number of nitrogens with zero attached hydrogens (tertiary/aromatic N) is 2. The highest BCUT2D eigenvalue weighted by Gasteiger charge is 2.35. The molecule has 2 rings (SSSR count). The van der Waals surface area contributed by atoms with E-state index in [0.717, 1.165) is 6.07 Å². The van der Waals surface area contributed by atoms with Crippen molar-refractivity contribution in [3.63, 3.8) is 0 Å². The van der Waals surface area contributed by atoms with Crippen molar-refractivity contribution in [3.05, 3.63) is 29.6 Å². The summed E-state index contributed by atoms with van der Waals surface area (Å²) in [6, 6.07) is 0.325. The van der Waals surface area contributed by atoms with Crippen LogP contribution in [0.3, 0.4) is 0 Å². The molecule has 1 heterocycles. The topological polar surface area (TPSA) is 69.7 Å². The molecular formula is C15H20F3N3O3S. The molecular weight excluding hydrogens is 359 g/mol. The van der Waals surface area contributed by atoms with E-state index in [0.29, 0.717) is 12.6 Å². The number of likely N-dealkylation sites (N-methyl/N-ethyl adjacent to an activating group) is 1. The monoisotopic (exact) mass is 379 g/mol. The summed E-state index contributed by atoms with van der Waals surface area (Å²) in [5, 5.41) is 2.20. The Bertz CT molecular complexity index is 756. The van der Waals surface area contributed by atoms with E-state index in [2.05, 4.69) is 5.32 Å². The minimum absolute atomic E-state index is 0.0249. The molecule has 0 radical (unpaired) electrons. The summed E-state index contributed by atoms with van der Waals surface area (Å²) in [6.45, 7) is 0.675. The van der Waals surface area contributed by atoms with Crippen molar-refractivity contribution in [2.45, 2.75) is 12.5 Å². The second-order valence-electron chi connectivity index (χ2n) is 6.21. The first-order chi connectivity index (χ1) is 11.6. The van der Waals surface area contributed by atoms with Crippen molar-refractivity contribution in [1.29, 1.82) is 0 Å². The molecule has 25 heavy (non-hydrogen) atoms. The molecule has 0 aliphatic carbocycles. The van der Waals surface area contributed by atoms with E-state index in [-0.39, 0.29) is 24.5 Å². The van der Waals surface area contributed by atoms with E-state index in [1.807, 2.05) is 4.90 Å². The van der Waals surface area contributed by atoms with Crippen LogP contribution in [0.4, 0.5) is 23.7 Å². The molecule has 1 aliphatic heterocycles. The summed E-state index contributed by atoms with van der Waals surface area (Å²) in [6.07, 6.45) is 0.281. The number of carbonyl (C=O) groups excluding carboxylic acids is 1. The first-order valence-electron chi connectivity index (χ1n) is 7.67. The van der Waals surface area contributed by atoms with Gasteiger partial charge in [-0.05, 0) is 32.6 Å². The molecule has 10 heteroatoms. The molecule has 2 amide bonds. The summed E-state index contributed by atoms with van der Waals surface area (Å²) in [5.41, 5.74) is -0.500. The van der Waals surface area contributed by atoms with Gasteiger partial charge in [-0.1, -0.05) is 0 Å². The largest absolute Gasteiger partial charge is 0.322 e. The predicted molar refractivity (Wildman–Crippen MR) is 87.7 cm³/mol.